The number of amides is 2. The second kappa shape index (κ2) is 5.57. The Balaban J connectivity index is 1.87. The van der Waals surface area contributed by atoms with Crippen molar-refractivity contribution in [2.75, 3.05) is 11.9 Å². The Kier molecular flexibility index (Phi) is 3.62. The second-order valence-electron chi connectivity index (χ2n) is 4.80. The van der Waals surface area contributed by atoms with Crippen LogP contribution in [0.5, 0.6) is 0 Å². The van der Waals surface area contributed by atoms with Gasteiger partial charge in [0, 0.05) is 25.4 Å². The number of hydrogen-bond donors (Lipinski definition) is 2. The predicted octanol–water partition coefficient (Wildman–Crippen LogP) is 1.60. The summed E-state index contributed by atoms with van der Waals surface area (Å²) in [6.07, 6.45) is 5.20. The van der Waals surface area contributed by atoms with Crippen molar-refractivity contribution < 1.29 is 9.59 Å². The van der Waals surface area contributed by atoms with E-state index in [1.807, 2.05) is 0 Å². The van der Waals surface area contributed by atoms with Gasteiger partial charge in [-0.2, -0.15) is 0 Å². The highest BCUT2D eigenvalue weighted by atomic mass is 35.5. The summed E-state index contributed by atoms with van der Waals surface area (Å²) >= 11 is 6.22. The molecule has 1 saturated heterocycles. The quantitative estimate of drug-likeness (QED) is 0.904. The smallest absolute Gasteiger partial charge is 0.229 e. The molecule has 1 aromatic carbocycles. The first-order valence-corrected chi connectivity index (χ1v) is 6.87. The fourth-order valence-electron chi connectivity index (χ4n) is 2.30. The molecule has 2 heterocycles. The van der Waals surface area contributed by atoms with E-state index in [0.717, 1.165) is 0 Å². The zero-order valence-corrected chi connectivity index (χ0v) is 11.8. The van der Waals surface area contributed by atoms with Gasteiger partial charge >= 0.3 is 0 Å². The molecular weight excluding hydrogens is 292 g/mol. The van der Waals surface area contributed by atoms with Crippen molar-refractivity contribution in [1.82, 2.24) is 14.9 Å². The van der Waals surface area contributed by atoms with E-state index in [9.17, 15) is 9.59 Å². The molecular formula is C14H13ClN4O2. The van der Waals surface area contributed by atoms with E-state index in [0.29, 0.717) is 22.9 Å². The predicted molar refractivity (Wildman–Crippen MR) is 78.3 cm³/mol. The first kappa shape index (κ1) is 13.6. The monoisotopic (exact) mass is 304 g/mol. The van der Waals surface area contributed by atoms with Crippen LogP contribution >= 0.6 is 11.6 Å². The lowest BCUT2D eigenvalue weighted by Gasteiger charge is -2.15. The molecule has 6 nitrogen and oxygen atoms in total. The number of nitrogens with one attached hydrogen (secondary N) is 2. The van der Waals surface area contributed by atoms with Crippen LogP contribution in [-0.4, -0.2) is 27.9 Å². The molecule has 1 aliphatic heterocycles. The zero-order valence-electron chi connectivity index (χ0n) is 11.0. The molecule has 1 fully saturated rings. The molecule has 0 saturated carbocycles. The van der Waals surface area contributed by atoms with Crippen LogP contribution in [0.3, 0.4) is 0 Å². The average Bonchev–Trinajstić information content (AvgIpc) is 3.10. The molecule has 2 N–H and O–H groups in total. The van der Waals surface area contributed by atoms with Crippen LogP contribution in [0.4, 0.5) is 5.69 Å². The van der Waals surface area contributed by atoms with Gasteiger partial charge in [-0.15, -0.1) is 0 Å². The van der Waals surface area contributed by atoms with Crippen molar-refractivity contribution in [3.8, 4) is 5.69 Å². The lowest BCUT2D eigenvalue weighted by atomic mass is 10.1. The third-order valence-electron chi connectivity index (χ3n) is 3.36. The van der Waals surface area contributed by atoms with Crippen molar-refractivity contribution >= 4 is 29.1 Å². The number of imidazole rings is 1. The number of para-hydroxylation sites is 1. The summed E-state index contributed by atoms with van der Waals surface area (Å²) in [6, 6.07) is 5.27. The van der Waals surface area contributed by atoms with Gasteiger partial charge in [0.2, 0.25) is 11.8 Å². The lowest BCUT2D eigenvalue weighted by Crippen LogP contribution is -2.25. The van der Waals surface area contributed by atoms with Crippen LogP contribution in [-0.2, 0) is 9.59 Å². The standard InChI is InChI=1S/C14H13ClN4O2/c15-10-2-1-3-11(13(10)19-5-4-16-8-19)18-14(21)9-6-12(20)17-7-9/h1-5,8-9H,6-7H2,(H,17,20)(H,18,21). The first-order valence-electron chi connectivity index (χ1n) is 6.49. The highest BCUT2D eigenvalue weighted by molar-refractivity contribution is 6.33. The molecule has 108 valence electrons. The molecule has 3 rings (SSSR count). The summed E-state index contributed by atoms with van der Waals surface area (Å²) in [5.74, 6) is -0.653. The number of hydrogen-bond acceptors (Lipinski definition) is 3. The van der Waals surface area contributed by atoms with Gasteiger partial charge < -0.3 is 15.2 Å². The summed E-state index contributed by atoms with van der Waals surface area (Å²) in [6.45, 7) is 0.367. The summed E-state index contributed by atoms with van der Waals surface area (Å²) in [5, 5.41) is 5.99. The normalized spacial score (nSPS) is 17.6. The third-order valence-corrected chi connectivity index (χ3v) is 3.66. The topological polar surface area (TPSA) is 76.0 Å². The van der Waals surface area contributed by atoms with Crippen molar-refractivity contribution in [3.05, 3.63) is 41.9 Å². The maximum atomic E-state index is 12.2. The molecule has 7 heteroatoms. The molecule has 2 amide bonds. The van der Waals surface area contributed by atoms with E-state index in [-0.39, 0.29) is 24.2 Å². The van der Waals surface area contributed by atoms with Crippen LogP contribution in [0.1, 0.15) is 6.42 Å². The molecule has 2 aromatic rings. The van der Waals surface area contributed by atoms with Crippen molar-refractivity contribution in [2.24, 2.45) is 5.92 Å². The van der Waals surface area contributed by atoms with Crippen molar-refractivity contribution in [3.63, 3.8) is 0 Å². The Hall–Kier alpha value is -2.34. The molecule has 1 aliphatic rings. The Morgan fingerprint density at radius 1 is 1.48 bits per heavy atom. The fourth-order valence-corrected chi connectivity index (χ4v) is 2.57. The van der Waals surface area contributed by atoms with Gasteiger partial charge in [0.25, 0.3) is 0 Å². The number of benzene rings is 1. The van der Waals surface area contributed by atoms with Crippen LogP contribution < -0.4 is 10.6 Å². The lowest BCUT2D eigenvalue weighted by molar-refractivity contribution is -0.123. The van der Waals surface area contributed by atoms with E-state index in [1.54, 1.807) is 41.5 Å². The molecule has 21 heavy (non-hydrogen) atoms. The molecule has 1 atom stereocenters. The van der Waals surface area contributed by atoms with E-state index >= 15 is 0 Å². The Bertz CT molecular complexity index is 684. The summed E-state index contributed by atoms with van der Waals surface area (Å²) in [7, 11) is 0. The third kappa shape index (κ3) is 2.75. The van der Waals surface area contributed by atoms with Crippen LogP contribution in [0.2, 0.25) is 5.02 Å². The number of rotatable bonds is 3. The van der Waals surface area contributed by atoms with Gasteiger partial charge in [-0.25, -0.2) is 4.98 Å². The van der Waals surface area contributed by atoms with Gasteiger partial charge in [-0.1, -0.05) is 17.7 Å². The number of aromatic nitrogens is 2. The minimum Gasteiger partial charge on any atom is -0.355 e. The maximum absolute atomic E-state index is 12.2. The SMILES string of the molecule is O=C1CC(C(=O)Nc2cccc(Cl)c2-n2ccnc2)CN1. The summed E-state index contributed by atoms with van der Waals surface area (Å²) < 4.78 is 1.73. The van der Waals surface area contributed by atoms with E-state index in [1.165, 1.54) is 0 Å². The average molecular weight is 305 g/mol. The maximum Gasteiger partial charge on any atom is 0.229 e. The van der Waals surface area contributed by atoms with Crippen LogP contribution in [0.15, 0.2) is 36.9 Å². The largest absolute Gasteiger partial charge is 0.355 e. The highest BCUT2D eigenvalue weighted by Crippen LogP contribution is 2.29. The zero-order chi connectivity index (χ0) is 14.8. The molecule has 1 unspecified atom stereocenters. The van der Waals surface area contributed by atoms with E-state index in [4.69, 9.17) is 11.6 Å². The molecule has 1 aromatic heterocycles. The minimum atomic E-state index is -0.355. The van der Waals surface area contributed by atoms with E-state index < -0.39 is 0 Å². The molecule has 0 spiro atoms. The Morgan fingerprint density at radius 3 is 3.00 bits per heavy atom. The Labute approximate surface area is 126 Å². The van der Waals surface area contributed by atoms with E-state index in [2.05, 4.69) is 15.6 Å². The summed E-state index contributed by atoms with van der Waals surface area (Å²) in [4.78, 5) is 27.4. The molecule has 0 bridgehead atoms. The first-order chi connectivity index (χ1) is 10.1. The van der Waals surface area contributed by atoms with Gasteiger partial charge in [-0.3, -0.25) is 9.59 Å². The number of nitrogens with zero attached hydrogens (tertiary/aromatic N) is 2. The number of anilines is 1. The van der Waals surface area contributed by atoms with Crippen molar-refractivity contribution in [1.29, 1.82) is 0 Å². The van der Waals surface area contributed by atoms with Gasteiger partial charge in [0.05, 0.1) is 28.6 Å². The highest BCUT2D eigenvalue weighted by Gasteiger charge is 2.28. The van der Waals surface area contributed by atoms with Crippen molar-refractivity contribution in [2.45, 2.75) is 6.42 Å². The van der Waals surface area contributed by atoms with Gasteiger partial charge in [0.15, 0.2) is 0 Å². The van der Waals surface area contributed by atoms with Crippen LogP contribution in [0, 0.1) is 5.92 Å². The van der Waals surface area contributed by atoms with Crippen LogP contribution in [0.25, 0.3) is 5.69 Å². The fraction of sp³-hybridized carbons (Fsp3) is 0.214. The number of carbonyl (C=O) groups is 2. The second-order valence-corrected chi connectivity index (χ2v) is 5.21. The summed E-state index contributed by atoms with van der Waals surface area (Å²) in [5.41, 5.74) is 1.24. The minimum absolute atomic E-state index is 0.101. The Morgan fingerprint density at radius 2 is 2.33 bits per heavy atom. The number of carbonyl (C=O) groups excluding carboxylic acids is 2. The number of halogens is 1. The molecule has 0 aliphatic carbocycles. The van der Waals surface area contributed by atoms with Gasteiger partial charge in [0.1, 0.15) is 0 Å². The van der Waals surface area contributed by atoms with Gasteiger partial charge in [-0.05, 0) is 12.1 Å². The molecule has 0 radical (unpaired) electrons.